The number of hydrazine groups is 1. The topological polar surface area (TPSA) is 41.3 Å². The van der Waals surface area contributed by atoms with Crippen LogP contribution >= 0.6 is 0 Å². The van der Waals surface area contributed by atoms with E-state index in [0.29, 0.717) is 6.42 Å². The van der Waals surface area contributed by atoms with E-state index in [9.17, 15) is 0 Å². The number of likely N-dealkylation sites (N-methyl/N-ethyl adjacent to an activating group) is 1. The Morgan fingerprint density at radius 2 is 1.94 bits per heavy atom. The highest BCUT2D eigenvalue weighted by molar-refractivity contribution is 5.06. The zero-order chi connectivity index (χ0) is 12.0. The molecule has 1 unspecified atom stereocenters. The molecule has 0 spiro atoms. The average Bonchev–Trinajstić information content (AvgIpc) is 2.78. The van der Waals surface area contributed by atoms with Crippen LogP contribution in [0.5, 0.6) is 0 Å². The van der Waals surface area contributed by atoms with Crippen molar-refractivity contribution in [3.8, 4) is 12.3 Å². The van der Waals surface area contributed by atoms with Crippen molar-refractivity contribution < 1.29 is 0 Å². The van der Waals surface area contributed by atoms with E-state index in [4.69, 9.17) is 12.3 Å². The molecule has 0 aromatic heterocycles. The lowest BCUT2D eigenvalue weighted by atomic mass is 9.84. The Morgan fingerprint density at radius 3 is 2.31 bits per heavy atom. The summed E-state index contributed by atoms with van der Waals surface area (Å²) in [5, 5.41) is 0. The van der Waals surface area contributed by atoms with Crippen LogP contribution in [-0.4, -0.2) is 29.6 Å². The summed E-state index contributed by atoms with van der Waals surface area (Å²) < 4.78 is 0. The fraction of sp³-hybridized carbons (Fsp3) is 0.846. The molecule has 0 heterocycles. The Kier molecular flexibility index (Phi) is 5.27. The van der Waals surface area contributed by atoms with Gasteiger partial charge in [-0.2, -0.15) is 0 Å². The molecule has 0 aromatic rings. The minimum atomic E-state index is 0.185. The third-order valence-electron chi connectivity index (χ3n) is 4.03. The Labute approximate surface area is 99.7 Å². The molecule has 0 bridgehead atoms. The fourth-order valence-electron chi connectivity index (χ4n) is 3.25. The zero-order valence-electron chi connectivity index (χ0n) is 10.6. The van der Waals surface area contributed by atoms with Crippen molar-refractivity contribution in [3.05, 3.63) is 0 Å². The summed E-state index contributed by atoms with van der Waals surface area (Å²) in [5.41, 5.74) is 3.14. The molecular formula is C13H25N3. The van der Waals surface area contributed by atoms with Crippen LogP contribution in [0.3, 0.4) is 0 Å². The number of nitrogens with two attached hydrogens (primary N) is 1. The molecular weight excluding hydrogens is 198 g/mol. The second kappa shape index (κ2) is 6.24. The van der Waals surface area contributed by atoms with E-state index in [1.165, 1.54) is 25.7 Å². The summed E-state index contributed by atoms with van der Waals surface area (Å²) in [4.78, 5) is 2.53. The van der Waals surface area contributed by atoms with E-state index in [-0.39, 0.29) is 11.6 Å². The number of hydrogen-bond acceptors (Lipinski definition) is 3. The van der Waals surface area contributed by atoms with Crippen LogP contribution in [-0.2, 0) is 0 Å². The summed E-state index contributed by atoms with van der Waals surface area (Å²) >= 11 is 0. The molecule has 0 aromatic carbocycles. The van der Waals surface area contributed by atoms with Gasteiger partial charge in [0.2, 0.25) is 0 Å². The van der Waals surface area contributed by atoms with Gasteiger partial charge in [-0.3, -0.25) is 16.2 Å². The predicted octanol–water partition coefficient (Wildman–Crippen LogP) is 1.50. The van der Waals surface area contributed by atoms with Gasteiger partial charge in [0.25, 0.3) is 0 Å². The monoisotopic (exact) mass is 223 g/mol. The summed E-state index contributed by atoms with van der Waals surface area (Å²) in [5.74, 6) is 8.45. The van der Waals surface area contributed by atoms with Crippen LogP contribution in [0.25, 0.3) is 0 Å². The van der Waals surface area contributed by atoms with E-state index in [2.05, 4.69) is 30.1 Å². The van der Waals surface area contributed by atoms with Crippen LogP contribution in [0.1, 0.15) is 46.0 Å². The van der Waals surface area contributed by atoms with Gasteiger partial charge < -0.3 is 0 Å². The first-order valence-corrected chi connectivity index (χ1v) is 6.39. The number of nitrogens with zero attached hydrogens (tertiary/aromatic N) is 1. The highest BCUT2D eigenvalue weighted by Gasteiger charge is 2.44. The minimum absolute atomic E-state index is 0.185. The molecule has 0 radical (unpaired) electrons. The maximum absolute atomic E-state index is 5.70. The first-order chi connectivity index (χ1) is 7.75. The lowest BCUT2D eigenvalue weighted by molar-refractivity contribution is 0.0647. The molecule has 3 N–H and O–H groups in total. The van der Waals surface area contributed by atoms with E-state index in [1.807, 2.05) is 0 Å². The zero-order valence-corrected chi connectivity index (χ0v) is 10.6. The molecule has 1 aliphatic rings. The van der Waals surface area contributed by atoms with Crippen molar-refractivity contribution >= 4 is 0 Å². The first kappa shape index (κ1) is 13.5. The largest absolute Gasteiger partial charge is 0.297 e. The van der Waals surface area contributed by atoms with Gasteiger partial charge in [0.05, 0.1) is 6.04 Å². The maximum atomic E-state index is 5.70. The normalized spacial score (nSPS) is 20.9. The Balaban J connectivity index is 2.89. The molecule has 0 amide bonds. The van der Waals surface area contributed by atoms with Crippen LogP contribution < -0.4 is 11.3 Å². The molecule has 1 aliphatic carbocycles. The number of hydrogen-bond donors (Lipinski definition) is 2. The molecule has 0 saturated heterocycles. The van der Waals surface area contributed by atoms with Crippen molar-refractivity contribution in [1.82, 2.24) is 10.3 Å². The van der Waals surface area contributed by atoms with Gasteiger partial charge in [0.1, 0.15) is 0 Å². The van der Waals surface area contributed by atoms with Crippen molar-refractivity contribution in [3.63, 3.8) is 0 Å². The molecule has 16 heavy (non-hydrogen) atoms. The minimum Gasteiger partial charge on any atom is -0.297 e. The van der Waals surface area contributed by atoms with E-state index < -0.39 is 0 Å². The molecule has 1 saturated carbocycles. The van der Waals surface area contributed by atoms with Crippen LogP contribution in [0.4, 0.5) is 0 Å². The van der Waals surface area contributed by atoms with Gasteiger partial charge in [0, 0.05) is 12.0 Å². The van der Waals surface area contributed by atoms with Crippen molar-refractivity contribution in [2.45, 2.75) is 57.5 Å². The van der Waals surface area contributed by atoms with Crippen LogP contribution in [0, 0.1) is 12.3 Å². The fourth-order valence-corrected chi connectivity index (χ4v) is 3.25. The molecule has 92 valence electrons. The second-order valence-electron chi connectivity index (χ2n) is 4.61. The van der Waals surface area contributed by atoms with Gasteiger partial charge >= 0.3 is 0 Å². The number of rotatable bonds is 6. The molecule has 1 atom stereocenters. The van der Waals surface area contributed by atoms with Gasteiger partial charge in [-0.1, -0.05) is 26.7 Å². The van der Waals surface area contributed by atoms with E-state index in [1.54, 1.807) is 0 Å². The SMILES string of the molecule is C#CCC(NN)C1(N(CC)CC)CCCC1. The molecule has 3 nitrogen and oxygen atoms in total. The third-order valence-corrected chi connectivity index (χ3v) is 4.03. The first-order valence-electron chi connectivity index (χ1n) is 6.39. The van der Waals surface area contributed by atoms with Crippen molar-refractivity contribution in [2.75, 3.05) is 13.1 Å². The summed E-state index contributed by atoms with van der Waals surface area (Å²) in [6.45, 7) is 6.57. The predicted molar refractivity (Wildman–Crippen MR) is 68.7 cm³/mol. The highest BCUT2D eigenvalue weighted by atomic mass is 15.3. The van der Waals surface area contributed by atoms with Gasteiger partial charge in [-0.15, -0.1) is 12.3 Å². The van der Waals surface area contributed by atoms with Crippen molar-refractivity contribution in [2.24, 2.45) is 5.84 Å². The number of terminal acetylenes is 1. The lowest BCUT2D eigenvalue weighted by Gasteiger charge is -2.45. The van der Waals surface area contributed by atoms with E-state index in [0.717, 1.165) is 13.1 Å². The molecule has 1 fully saturated rings. The van der Waals surface area contributed by atoms with Gasteiger partial charge in [-0.05, 0) is 25.9 Å². The maximum Gasteiger partial charge on any atom is 0.0503 e. The quantitative estimate of drug-likeness (QED) is 0.407. The van der Waals surface area contributed by atoms with Gasteiger partial charge in [0.15, 0.2) is 0 Å². The summed E-state index contributed by atoms with van der Waals surface area (Å²) in [6, 6.07) is 0.222. The lowest BCUT2D eigenvalue weighted by Crippen LogP contribution is -2.61. The Morgan fingerprint density at radius 1 is 1.38 bits per heavy atom. The summed E-state index contributed by atoms with van der Waals surface area (Å²) in [6.07, 6.45) is 11.2. The standard InChI is InChI=1S/C13H25N3/c1-4-9-12(15-14)13(10-7-8-11-13)16(5-2)6-3/h1,12,15H,5-11,14H2,2-3H3. The van der Waals surface area contributed by atoms with Crippen molar-refractivity contribution in [1.29, 1.82) is 0 Å². The number of nitrogens with one attached hydrogen (secondary N) is 1. The molecule has 3 heteroatoms. The van der Waals surface area contributed by atoms with Crippen LogP contribution in [0.15, 0.2) is 0 Å². The molecule has 1 rings (SSSR count). The smallest absolute Gasteiger partial charge is 0.0503 e. The van der Waals surface area contributed by atoms with E-state index >= 15 is 0 Å². The Bertz CT molecular complexity index is 234. The third kappa shape index (κ3) is 2.40. The van der Waals surface area contributed by atoms with Gasteiger partial charge in [-0.25, -0.2) is 0 Å². The van der Waals surface area contributed by atoms with Crippen LogP contribution in [0.2, 0.25) is 0 Å². The summed E-state index contributed by atoms with van der Waals surface area (Å²) in [7, 11) is 0. The highest BCUT2D eigenvalue weighted by Crippen LogP contribution is 2.38. The molecule has 0 aliphatic heterocycles. The second-order valence-corrected chi connectivity index (χ2v) is 4.61. The Hall–Kier alpha value is -0.560. The average molecular weight is 223 g/mol.